The second-order valence-electron chi connectivity index (χ2n) is 1.86. The van der Waals surface area contributed by atoms with Gasteiger partial charge in [0, 0.05) is 0 Å². The van der Waals surface area contributed by atoms with Crippen LogP contribution in [0.3, 0.4) is 0 Å². The number of aryl methyl sites for hydroxylation is 2. The summed E-state index contributed by atoms with van der Waals surface area (Å²) in [6, 6.07) is 0. The summed E-state index contributed by atoms with van der Waals surface area (Å²) < 4.78 is 0. The molecule has 4 nitrogen and oxygen atoms in total. The monoisotopic (exact) mass is 133 g/mol. The van der Waals surface area contributed by atoms with Gasteiger partial charge in [-0.15, -0.1) is 0 Å². The van der Waals surface area contributed by atoms with Gasteiger partial charge in [-0.3, -0.25) is 0 Å². The molecule has 1 heterocycles. The Kier molecular flexibility index (Phi) is 1.84. The summed E-state index contributed by atoms with van der Waals surface area (Å²) in [5.74, 6) is 1.55. The van der Waals surface area contributed by atoms with Crippen LogP contribution in [0.2, 0.25) is 0 Å². The van der Waals surface area contributed by atoms with Crippen molar-refractivity contribution < 1.29 is 0 Å². The quantitative estimate of drug-likeness (QED) is 0.523. The molecule has 0 N–H and O–H groups in total. The Morgan fingerprint density at radius 1 is 1.10 bits per heavy atom. The van der Waals surface area contributed by atoms with Crippen molar-refractivity contribution in [2.75, 3.05) is 0 Å². The van der Waals surface area contributed by atoms with E-state index in [1.54, 1.807) is 13.8 Å². The summed E-state index contributed by atoms with van der Waals surface area (Å²) in [7, 11) is 4.96. The topological polar surface area (TPSA) is 51.0 Å². The third-order valence-electron chi connectivity index (χ3n) is 0.963. The summed E-state index contributed by atoms with van der Waals surface area (Å²) in [5.41, 5.74) is 0. The number of rotatable bonds is 1. The number of hydrogen-bond acceptors (Lipinski definition) is 4. The van der Waals surface area contributed by atoms with Crippen LogP contribution < -0.4 is 0 Å². The van der Waals surface area contributed by atoms with Crippen molar-refractivity contribution >= 4 is 13.6 Å². The summed E-state index contributed by atoms with van der Waals surface area (Å²) in [5, 5.41) is 0. The second-order valence-corrected chi connectivity index (χ2v) is 1.86. The third-order valence-corrected chi connectivity index (χ3v) is 0.963. The van der Waals surface area contributed by atoms with E-state index in [1.807, 2.05) is 0 Å². The van der Waals surface area contributed by atoms with Gasteiger partial charge < -0.3 is 0 Å². The molecule has 1 aromatic heterocycles. The van der Waals surface area contributed by atoms with Gasteiger partial charge in [0.25, 0.3) is 0 Å². The van der Waals surface area contributed by atoms with Gasteiger partial charge in [-0.1, -0.05) is 0 Å². The van der Waals surface area contributed by atoms with E-state index in [2.05, 4.69) is 19.8 Å². The molecule has 1 radical (unpaired) electrons. The van der Waals surface area contributed by atoms with Gasteiger partial charge in [-0.25, -0.2) is 0 Å². The first-order chi connectivity index (χ1) is 4.72. The Balaban J connectivity index is 3.18. The number of nitrogens with zero attached hydrogens (tertiary/aromatic N) is 4. The van der Waals surface area contributed by atoms with Crippen molar-refractivity contribution in [3.8, 4) is 0 Å². The molecule has 0 unspecified atom stereocenters. The fourth-order valence-corrected chi connectivity index (χ4v) is 0.656. The predicted molar refractivity (Wildman–Crippen MR) is 37.1 cm³/mol. The van der Waals surface area contributed by atoms with E-state index in [9.17, 15) is 0 Å². The molecular weight excluding hydrogens is 127 g/mol. The van der Waals surface area contributed by atoms with E-state index < -0.39 is 0 Å². The van der Waals surface area contributed by atoms with Crippen molar-refractivity contribution in [1.82, 2.24) is 15.0 Å². The zero-order valence-corrected chi connectivity index (χ0v) is 5.87. The second kappa shape index (κ2) is 2.64. The van der Waals surface area contributed by atoms with E-state index in [4.69, 9.17) is 7.64 Å². The molecule has 0 saturated heterocycles. The molecule has 0 aliphatic rings. The number of hydrogen-bond donors (Lipinski definition) is 0. The van der Waals surface area contributed by atoms with Gasteiger partial charge in [0.15, 0.2) is 0 Å². The maximum atomic E-state index is 4.96. The first kappa shape index (κ1) is 6.99. The average molecular weight is 133 g/mol. The van der Waals surface area contributed by atoms with Gasteiger partial charge in [0.2, 0.25) is 0 Å². The van der Waals surface area contributed by atoms with E-state index in [0.717, 1.165) is 0 Å². The molecule has 49 valence electrons. The standard InChI is InChI=1S/C5H6BN4/c1-3-7-4(2)9-5(8-3)10-6/h1-2H3. The summed E-state index contributed by atoms with van der Waals surface area (Å²) in [6.07, 6.45) is 0. The van der Waals surface area contributed by atoms with Gasteiger partial charge >= 0.3 is 58.9 Å². The van der Waals surface area contributed by atoms with Gasteiger partial charge in [0.1, 0.15) is 0 Å². The molecule has 0 fully saturated rings. The average Bonchev–Trinajstić information content (AvgIpc) is 1.85. The normalized spacial score (nSPS) is 9.30. The molecule has 1 rings (SSSR count). The van der Waals surface area contributed by atoms with Gasteiger partial charge in [0.05, 0.1) is 0 Å². The fraction of sp³-hybridized carbons (Fsp3) is 0.400. The maximum absolute atomic E-state index is 4.96. The molecule has 0 aliphatic carbocycles. The van der Waals surface area contributed by atoms with E-state index in [-0.39, 0.29) is 5.95 Å². The molecule has 0 amide bonds. The zero-order chi connectivity index (χ0) is 7.56. The Bertz CT molecular complexity index is 240. The summed E-state index contributed by atoms with van der Waals surface area (Å²) in [4.78, 5) is 15.0. The third kappa shape index (κ3) is 1.43. The van der Waals surface area contributed by atoms with Crippen molar-refractivity contribution in [2.24, 2.45) is 4.90 Å². The fourth-order valence-electron chi connectivity index (χ4n) is 0.656. The predicted octanol–water partition coefficient (Wildman–Crippen LogP) is 0.472. The molecule has 0 atom stereocenters. The van der Waals surface area contributed by atoms with Crippen LogP contribution in [0.25, 0.3) is 0 Å². The van der Waals surface area contributed by atoms with Crippen LogP contribution in [-0.2, 0) is 0 Å². The first-order valence-corrected chi connectivity index (χ1v) is 2.82. The molecule has 0 aromatic carbocycles. The SMILES string of the molecule is [B]=Nc1nc(C)nc(C)n1. The Morgan fingerprint density at radius 3 is 2.00 bits per heavy atom. The molecule has 0 aliphatic heterocycles. The van der Waals surface area contributed by atoms with Crippen molar-refractivity contribution in [2.45, 2.75) is 13.8 Å². The van der Waals surface area contributed by atoms with E-state index >= 15 is 0 Å². The van der Waals surface area contributed by atoms with Crippen LogP contribution in [-0.4, -0.2) is 22.6 Å². The van der Waals surface area contributed by atoms with Crippen molar-refractivity contribution in [3.63, 3.8) is 0 Å². The zero-order valence-electron chi connectivity index (χ0n) is 5.87. The molecule has 1 aromatic rings. The summed E-state index contributed by atoms with van der Waals surface area (Å²) >= 11 is 0. The minimum atomic E-state index is 0.282. The molecule has 5 heteroatoms. The van der Waals surface area contributed by atoms with Crippen LogP contribution >= 0.6 is 0 Å². The van der Waals surface area contributed by atoms with Crippen LogP contribution in [0.1, 0.15) is 11.6 Å². The van der Waals surface area contributed by atoms with Crippen LogP contribution in [0.4, 0.5) is 5.95 Å². The van der Waals surface area contributed by atoms with Crippen LogP contribution in [0.5, 0.6) is 0 Å². The molecule has 0 saturated carbocycles. The van der Waals surface area contributed by atoms with Crippen molar-refractivity contribution in [1.29, 1.82) is 0 Å². The Labute approximate surface area is 59.9 Å². The van der Waals surface area contributed by atoms with Crippen LogP contribution in [0.15, 0.2) is 4.90 Å². The number of aromatic nitrogens is 3. The van der Waals surface area contributed by atoms with Gasteiger partial charge in [-0.05, 0) is 0 Å². The van der Waals surface area contributed by atoms with E-state index in [0.29, 0.717) is 11.6 Å². The van der Waals surface area contributed by atoms with Gasteiger partial charge in [-0.2, -0.15) is 0 Å². The first-order valence-electron chi connectivity index (χ1n) is 2.82. The summed E-state index contributed by atoms with van der Waals surface area (Å²) in [6.45, 7) is 3.53. The molecule has 0 bridgehead atoms. The van der Waals surface area contributed by atoms with Crippen molar-refractivity contribution in [3.05, 3.63) is 11.6 Å². The Hall–Kier alpha value is -1.13. The van der Waals surface area contributed by atoms with E-state index in [1.165, 1.54) is 0 Å². The molecule has 0 spiro atoms. The Morgan fingerprint density at radius 2 is 1.60 bits per heavy atom. The van der Waals surface area contributed by atoms with Crippen LogP contribution in [0, 0.1) is 13.8 Å². The molecule has 10 heavy (non-hydrogen) atoms. The molecular formula is C5H6BN4. The minimum absolute atomic E-state index is 0.282.